The summed E-state index contributed by atoms with van der Waals surface area (Å²) in [5.41, 5.74) is 5.75. The molecule has 0 saturated heterocycles. The van der Waals surface area contributed by atoms with Crippen molar-refractivity contribution in [3.63, 3.8) is 0 Å². The SMILES string of the molecule is COc1ccc(C(=O)N2CCc3ccc(NC(=O)CN(Cc4ccccc4)S(=O)(=O)c4c(C)cc(C)cc4C)cc32)cc1. The van der Waals surface area contributed by atoms with Crippen molar-refractivity contribution in [2.45, 2.75) is 38.6 Å². The number of nitrogens with zero attached hydrogens (tertiary/aromatic N) is 2. The Morgan fingerprint density at radius 1 is 0.907 bits per heavy atom. The fourth-order valence-corrected chi connectivity index (χ4v) is 7.43. The standard InChI is InChI=1S/C34H35N3O5S/c1-23-18-24(2)33(25(3)19-23)43(40,41)36(21-26-8-6-5-7-9-26)22-32(38)35-29-13-10-27-16-17-37(31(27)20-29)34(39)28-11-14-30(42-4)15-12-28/h5-15,18-20H,16-17,21-22H2,1-4H3,(H,35,38). The number of sulfonamides is 1. The zero-order chi connectivity index (χ0) is 30.7. The summed E-state index contributed by atoms with van der Waals surface area (Å²) in [5.74, 6) is 0.0427. The fraction of sp³-hybridized carbons (Fsp3) is 0.235. The van der Waals surface area contributed by atoms with Crippen LogP contribution in [0.2, 0.25) is 0 Å². The highest BCUT2D eigenvalue weighted by molar-refractivity contribution is 7.89. The number of nitrogens with one attached hydrogen (secondary N) is 1. The van der Waals surface area contributed by atoms with E-state index in [-0.39, 0.29) is 23.9 Å². The van der Waals surface area contributed by atoms with Gasteiger partial charge in [0.25, 0.3) is 5.91 Å². The van der Waals surface area contributed by atoms with E-state index >= 15 is 0 Å². The van der Waals surface area contributed by atoms with E-state index in [1.165, 1.54) is 4.31 Å². The van der Waals surface area contributed by atoms with Gasteiger partial charge < -0.3 is 15.0 Å². The highest BCUT2D eigenvalue weighted by atomic mass is 32.2. The van der Waals surface area contributed by atoms with Gasteiger partial charge in [-0.15, -0.1) is 0 Å². The minimum Gasteiger partial charge on any atom is -0.497 e. The molecule has 0 aromatic heterocycles. The predicted molar refractivity (Wildman–Crippen MR) is 168 cm³/mol. The maximum absolute atomic E-state index is 14.0. The summed E-state index contributed by atoms with van der Waals surface area (Å²) in [4.78, 5) is 28.6. The molecule has 9 heteroatoms. The fourth-order valence-electron chi connectivity index (χ4n) is 5.63. The first-order valence-electron chi connectivity index (χ1n) is 14.1. The van der Waals surface area contributed by atoms with Gasteiger partial charge in [0.2, 0.25) is 15.9 Å². The highest BCUT2D eigenvalue weighted by Gasteiger charge is 2.31. The average Bonchev–Trinajstić information content (AvgIpc) is 3.39. The molecule has 2 amide bonds. The summed E-state index contributed by atoms with van der Waals surface area (Å²) < 4.78 is 34.5. The van der Waals surface area contributed by atoms with Crippen molar-refractivity contribution in [2.24, 2.45) is 0 Å². The van der Waals surface area contributed by atoms with Gasteiger partial charge in [-0.1, -0.05) is 54.1 Å². The summed E-state index contributed by atoms with van der Waals surface area (Å²) in [6.07, 6.45) is 0.698. The number of carbonyl (C=O) groups is 2. The normalized spacial score (nSPS) is 12.7. The number of rotatable bonds is 9. The van der Waals surface area contributed by atoms with Crippen molar-refractivity contribution >= 4 is 33.2 Å². The smallest absolute Gasteiger partial charge is 0.258 e. The van der Waals surface area contributed by atoms with Crippen LogP contribution in [0.4, 0.5) is 11.4 Å². The molecule has 0 fully saturated rings. The van der Waals surface area contributed by atoms with Crippen LogP contribution in [0.15, 0.2) is 89.8 Å². The number of benzene rings is 4. The van der Waals surface area contributed by atoms with Crippen molar-refractivity contribution in [3.05, 3.63) is 118 Å². The maximum Gasteiger partial charge on any atom is 0.258 e. The first-order chi connectivity index (χ1) is 20.6. The molecule has 0 bridgehead atoms. The number of amides is 2. The van der Waals surface area contributed by atoms with Crippen molar-refractivity contribution in [3.8, 4) is 5.75 Å². The van der Waals surface area contributed by atoms with Crippen LogP contribution < -0.4 is 15.0 Å². The van der Waals surface area contributed by atoms with E-state index in [1.54, 1.807) is 62.3 Å². The van der Waals surface area contributed by atoms with Gasteiger partial charge in [0.05, 0.1) is 18.6 Å². The molecule has 222 valence electrons. The average molecular weight is 598 g/mol. The van der Waals surface area contributed by atoms with Gasteiger partial charge in [-0.25, -0.2) is 8.42 Å². The van der Waals surface area contributed by atoms with Crippen LogP contribution in [0, 0.1) is 20.8 Å². The molecule has 1 aliphatic rings. The van der Waals surface area contributed by atoms with Gasteiger partial charge in [-0.3, -0.25) is 9.59 Å². The van der Waals surface area contributed by atoms with Gasteiger partial charge in [-0.2, -0.15) is 4.31 Å². The monoisotopic (exact) mass is 597 g/mol. The lowest BCUT2D eigenvalue weighted by Gasteiger charge is -2.24. The third-order valence-electron chi connectivity index (χ3n) is 7.57. The van der Waals surface area contributed by atoms with Crippen LogP contribution in [-0.2, 0) is 27.8 Å². The minimum atomic E-state index is -4.02. The number of hydrogen-bond donors (Lipinski definition) is 1. The molecule has 4 aromatic rings. The molecule has 0 spiro atoms. The van der Waals surface area contributed by atoms with Gasteiger partial charge in [-0.05, 0) is 85.8 Å². The molecule has 0 saturated carbocycles. The van der Waals surface area contributed by atoms with E-state index in [0.717, 1.165) is 22.4 Å². The van der Waals surface area contributed by atoms with Gasteiger partial charge in [0.15, 0.2) is 0 Å². The Balaban J connectivity index is 1.38. The van der Waals surface area contributed by atoms with E-state index in [1.807, 2.05) is 55.5 Å². The first kappa shape index (κ1) is 30.0. The first-order valence-corrected chi connectivity index (χ1v) is 15.5. The zero-order valence-corrected chi connectivity index (χ0v) is 25.6. The molecule has 0 unspecified atom stereocenters. The van der Waals surface area contributed by atoms with Crippen LogP contribution in [-0.4, -0.2) is 44.7 Å². The molecule has 1 heterocycles. The van der Waals surface area contributed by atoms with Crippen LogP contribution in [0.5, 0.6) is 5.75 Å². The number of methoxy groups -OCH3 is 1. The third-order valence-corrected chi connectivity index (χ3v) is 9.67. The second-order valence-corrected chi connectivity index (χ2v) is 12.7. The lowest BCUT2D eigenvalue weighted by Crippen LogP contribution is -2.38. The second-order valence-electron chi connectivity index (χ2n) is 10.8. The van der Waals surface area contributed by atoms with Crippen molar-refractivity contribution in [2.75, 3.05) is 30.4 Å². The Morgan fingerprint density at radius 3 is 2.23 bits per heavy atom. The third kappa shape index (κ3) is 6.48. The molecule has 1 N–H and O–H groups in total. The summed E-state index contributed by atoms with van der Waals surface area (Å²) in [5, 5.41) is 2.86. The maximum atomic E-state index is 14.0. The molecule has 5 rings (SSSR count). The Labute approximate surface area is 253 Å². The number of anilines is 2. The van der Waals surface area contributed by atoms with E-state index in [4.69, 9.17) is 4.74 Å². The van der Waals surface area contributed by atoms with Crippen LogP contribution in [0.1, 0.15) is 38.2 Å². The molecular formula is C34H35N3O5S. The summed E-state index contributed by atoms with van der Waals surface area (Å²) in [7, 11) is -2.45. The number of hydrogen-bond acceptors (Lipinski definition) is 5. The van der Waals surface area contributed by atoms with Crippen molar-refractivity contribution in [1.82, 2.24) is 4.31 Å². The van der Waals surface area contributed by atoms with Gasteiger partial charge in [0, 0.05) is 30.0 Å². The van der Waals surface area contributed by atoms with Crippen LogP contribution in [0.25, 0.3) is 0 Å². The Morgan fingerprint density at radius 2 is 1.58 bits per heavy atom. The predicted octanol–water partition coefficient (Wildman–Crippen LogP) is 5.65. The number of ether oxygens (including phenoxy) is 1. The molecule has 43 heavy (non-hydrogen) atoms. The number of aryl methyl sites for hydroxylation is 3. The molecule has 0 radical (unpaired) electrons. The van der Waals surface area contributed by atoms with E-state index in [2.05, 4.69) is 5.32 Å². The zero-order valence-electron chi connectivity index (χ0n) is 24.8. The molecule has 8 nitrogen and oxygen atoms in total. The second kappa shape index (κ2) is 12.4. The minimum absolute atomic E-state index is 0.0394. The Hall–Kier alpha value is -4.47. The van der Waals surface area contributed by atoms with E-state index < -0.39 is 15.9 Å². The lowest BCUT2D eigenvalue weighted by molar-refractivity contribution is -0.116. The van der Waals surface area contributed by atoms with Gasteiger partial charge >= 0.3 is 0 Å². The molecule has 4 aromatic carbocycles. The summed E-state index contributed by atoms with van der Waals surface area (Å²) in [6.45, 7) is 5.66. The molecule has 1 aliphatic heterocycles. The summed E-state index contributed by atoms with van der Waals surface area (Å²) >= 11 is 0. The van der Waals surface area contributed by atoms with E-state index in [9.17, 15) is 18.0 Å². The number of carbonyl (C=O) groups excluding carboxylic acids is 2. The largest absolute Gasteiger partial charge is 0.497 e. The van der Waals surface area contributed by atoms with E-state index in [0.29, 0.717) is 41.1 Å². The Bertz CT molecular complexity index is 1750. The quantitative estimate of drug-likeness (QED) is 0.269. The molecule has 0 atom stereocenters. The summed E-state index contributed by atoms with van der Waals surface area (Å²) in [6, 6.07) is 25.3. The van der Waals surface area contributed by atoms with Gasteiger partial charge in [0.1, 0.15) is 5.75 Å². The van der Waals surface area contributed by atoms with Crippen LogP contribution >= 0.6 is 0 Å². The number of fused-ring (bicyclic) bond motifs is 1. The Kier molecular flexibility index (Phi) is 8.66. The van der Waals surface area contributed by atoms with Crippen LogP contribution in [0.3, 0.4) is 0 Å². The molecular weight excluding hydrogens is 562 g/mol. The molecule has 0 aliphatic carbocycles. The topological polar surface area (TPSA) is 96.0 Å². The van der Waals surface area contributed by atoms with Crippen molar-refractivity contribution in [1.29, 1.82) is 0 Å². The van der Waals surface area contributed by atoms with Crippen molar-refractivity contribution < 1.29 is 22.7 Å². The lowest BCUT2D eigenvalue weighted by atomic mass is 10.1. The highest BCUT2D eigenvalue weighted by Crippen LogP contribution is 2.33.